The van der Waals surface area contributed by atoms with Crippen LogP contribution in [0.4, 0.5) is 0 Å². The van der Waals surface area contributed by atoms with E-state index in [9.17, 15) is 18.0 Å². The fourth-order valence-corrected chi connectivity index (χ4v) is 4.63. The van der Waals surface area contributed by atoms with Crippen LogP contribution in [0.3, 0.4) is 0 Å². The Balaban J connectivity index is 1.72. The summed E-state index contributed by atoms with van der Waals surface area (Å²) in [5.74, 6) is -0.217. The molecule has 0 saturated heterocycles. The molecule has 0 spiro atoms. The lowest BCUT2D eigenvalue weighted by Gasteiger charge is -2.28. The summed E-state index contributed by atoms with van der Waals surface area (Å²) >= 11 is 0. The van der Waals surface area contributed by atoms with E-state index < -0.39 is 16.1 Å². The van der Waals surface area contributed by atoms with E-state index in [1.807, 2.05) is 19.0 Å². The van der Waals surface area contributed by atoms with Crippen LogP contribution < -0.4 is 15.4 Å². The summed E-state index contributed by atoms with van der Waals surface area (Å²) < 4.78 is 27.3. The second kappa shape index (κ2) is 11.4. The van der Waals surface area contributed by atoms with Gasteiger partial charge in [-0.2, -0.15) is 0 Å². The molecule has 9 heteroatoms. The average molecular weight is 439 g/mol. The smallest absolute Gasteiger partial charge is 0.242 e. The van der Waals surface area contributed by atoms with Gasteiger partial charge < -0.3 is 15.5 Å². The molecule has 0 aliphatic heterocycles. The van der Waals surface area contributed by atoms with Gasteiger partial charge in [-0.1, -0.05) is 18.2 Å². The maximum absolute atomic E-state index is 12.5. The van der Waals surface area contributed by atoms with Gasteiger partial charge in [0.25, 0.3) is 0 Å². The summed E-state index contributed by atoms with van der Waals surface area (Å²) in [5.41, 5.74) is 0. The van der Waals surface area contributed by atoms with E-state index in [-0.39, 0.29) is 28.5 Å². The van der Waals surface area contributed by atoms with Crippen molar-refractivity contribution in [2.75, 3.05) is 33.7 Å². The molecule has 0 bridgehead atoms. The molecule has 1 atom stereocenters. The van der Waals surface area contributed by atoms with Crippen LogP contribution >= 0.6 is 0 Å². The first-order valence-electron chi connectivity index (χ1n) is 10.5. The van der Waals surface area contributed by atoms with Crippen molar-refractivity contribution in [3.63, 3.8) is 0 Å². The van der Waals surface area contributed by atoms with Gasteiger partial charge in [-0.15, -0.1) is 0 Å². The molecule has 3 N–H and O–H groups in total. The second-order valence-electron chi connectivity index (χ2n) is 8.21. The minimum atomic E-state index is -3.50. The van der Waals surface area contributed by atoms with Gasteiger partial charge in [-0.3, -0.25) is 9.59 Å². The molecule has 2 rings (SSSR count). The summed E-state index contributed by atoms with van der Waals surface area (Å²) in [7, 11) is 0.357. The highest BCUT2D eigenvalue weighted by Crippen LogP contribution is 2.29. The maximum Gasteiger partial charge on any atom is 0.242 e. The molecular formula is C21H34N4O4S. The summed E-state index contributed by atoms with van der Waals surface area (Å²) in [4.78, 5) is 26.8. The van der Waals surface area contributed by atoms with Gasteiger partial charge in [0, 0.05) is 25.6 Å². The summed E-state index contributed by atoms with van der Waals surface area (Å²) in [6.07, 6.45) is 2.94. The van der Waals surface area contributed by atoms with E-state index in [1.165, 1.54) is 0 Å². The third kappa shape index (κ3) is 7.70. The van der Waals surface area contributed by atoms with Crippen molar-refractivity contribution in [1.29, 1.82) is 0 Å². The van der Waals surface area contributed by atoms with E-state index in [2.05, 4.69) is 15.4 Å². The van der Waals surface area contributed by atoms with Gasteiger partial charge in [-0.05, 0) is 64.8 Å². The van der Waals surface area contributed by atoms with Crippen LogP contribution in [0.25, 0.3) is 0 Å². The number of benzene rings is 1. The van der Waals surface area contributed by atoms with Crippen LogP contribution in [0, 0.1) is 11.8 Å². The molecule has 0 unspecified atom stereocenters. The third-order valence-corrected chi connectivity index (χ3v) is 6.88. The summed E-state index contributed by atoms with van der Waals surface area (Å²) in [5, 5.41) is 5.62. The Morgan fingerprint density at radius 1 is 1.10 bits per heavy atom. The third-order valence-electron chi connectivity index (χ3n) is 5.44. The number of carbonyl (C=O) groups excluding carboxylic acids is 2. The Hall–Kier alpha value is -1.97. The molecule has 2 amide bonds. The highest BCUT2D eigenvalue weighted by atomic mass is 32.2. The molecular weight excluding hydrogens is 404 g/mol. The zero-order valence-corrected chi connectivity index (χ0v) is 18.9. The van der Waals surface area contributed by atoms with E-state index in [0.29, 0.717) is 25.9 Å². The molecule has 0 heterocycles. The normalized spacial score (nSPS) is 20.5. The SMILES string of the molecule is C[C@@H](NC(=O)C1CCC(CNS(=O)(=O)c2ccccc2)CC1)C(=O)NCCN(C)C. The summed E-state index contributed by atoms with van der Waals surface area (Å²) in [6.45, 7) is 3.34. The van der Waals surface area contributed by atoms with Crippen LogP contribution in [0.5, 0.6) is 0 Å². The molecule has 0 aromatic heterocycles. The number of hydrogen-bond acceptors (Lipinski definition) is 5. The van der Waals surface area contributed by atoms with Crippen LogP contribution in [-0.2, 0) is 19.6 Å². The van der Waals surface area contributed by atoms with Crippen LogP contribution in [0.1, 0.15) is 32.6 Å². The van der Waals surface area contributed by atoms with Crippen molar-refractivity contribution in [2.24, 2.45) is 11.8 Å². The van der Waals surface area contributed by atoms with Gasteiger partial charge in [0.05, 0.1) is 4.90 Å². The van der Waals surface area contributed by atoms with Crippen molar-refractivity contribution in [1.82, 2.24) is 20.3 Å². The molecule has 1 aromatic carbocycles. The molecule has 0 radical (unpaired) electrons. The largest absolute Gasteiger partial charge is 0.353 e. The van der Waals surface area contributed by atoms with Gasteiger partial charge in [0.1, 0.15) is 6.04 Å². The lowest BCUT2D eigenvalue weighted by atomic mass is 9.81. The molecule has 30 heavy (non-hydrogen) atoms. The molecule has 168 valence electrons. The first kappa shape index (κ1) is 24.3. The van der Waals surface area contributed by atoms with Crippen molar-refractivity contribution >= 4 is 21.8 Å². The zero-order valence-electron chi connectivity index (χ0n) is 18.1. The topological polar surface area (TPSA) is 108 Å². The number of nitrogens with zero attached hydrogens (tertiary/aromatic N) is 1. The Labute approximate surface area is 179 Å². The highest BCUT2D eigenvalue weighted by Gasteiger charge is 2.28. The molecule has 1 fully saturated rings. The van der Waals surface area contributed by atoms with Crippen LogP contribution in [0.15, 0.2) is 35.2 Å². The Bertz CT molecular complexity index is 790. The number of nitrogens with one attached hydrogen (secondary N) is 3. The van der Waals surface area contributed by atoms with E-state index in [4.69, 9.17) is 0 Å². The number of rotatable bonds is 10. The molecule has 8 nitrogen and oxygen atoms in total. The average Bonchev–Trinajstić information content (AvgIpc) is 2.73. The van der Waals surface area contributed by atoms with E-state index in [0.717, 1.165) is 19.4 Å². The van der Waals surface area contributed by atoms with Crippen molar-refractivity contribution in [3.05, 3.63) is 30.3 Å². The number of likely N-dealkylation sites (N-methyl/N-ethyl adjacent to an activating group) is 1. The fraction of sp³-hybridized carbons (Fsp3) is 0.619. The fourth-order valence-electron chi connectivity index (χ4n) is 3.49. The van der Waals surface area contributed by atoms with Crippen molar-refractivity contribution < 1.29 is 18.0 Å². The number of hydrogen-bond donors (Lipinski definition) is 3. The summed E-state index contributed by atoms with van der Waals surface area (Å²) in [6, 6.07) is 7.74. The van der Waals surface area contributed by atoms with E-state index >= 15 is 0 Å². The Morgan fingerprint density at radius 3 is 2.33 bits per heavy atom. The quantitative estimate of drug-likeness (QED) is 0.504. The number of sulfonamides is 1. The van der Waals surface area contributed by atoms with Gasteiger partial charge in [0.2, 0.25) is 21.8 Å². The highest BCUT2D eigenvalue weighted by molar-refractivity contribution is 7.89. The Kier molecular flexibility index (Phi) is 9.26. The lowest BCUT2D eigenvalue weighted by molar-refractivity contribution is -0.131. The monoisotopic (exact) mass is 438 g/mol. The standard InChI is InChI=1S/C21H34N4O4S/c1-16(20(26)22-13-14-25(2)3)24-21(27)18-11-9-17(10-12-18)15-23-30(28,29)19-7-5-4-6-8-19/h4-8,16-18,23H,9-15H2,1-3H3,(H,22,26)(H,24,27)/t16-,17?,18?/m1/s1. The minimum Gasteiger partial charge on any atom is -0.353 e. The van der Waals surface area contributed by atoms with Crippen LogP contribution in [-0.4, -0.2) is 64.9 Å². The molecule has 1 saturated carbocycles. The van der Waals surface area contributed by atoms with Gasteiger partial charge in [-0.25, -0.2) is 13.1 Å². The molecule has 1 aliphatic rings. The van der Waals surface area contributed by atoms with Crippen LogP contribution in [0.2, 0.25) is 0 Å². The van der Waals surface area contributed by atoms with Gasteiger partial charge in [0.15, 0.2) is 0 Å². The number of carbonyl (C=O) groups is 2. The first-order valence-corrected chi connectivity index (χ1v) is 11.9. The minimum absolute atomic E-state index is 0.103. The number of amides is 2. The Morgan fingerprint density at radius 2 is 1.73 bits per heavy atom. The molecule has 1 aromatic rings. The van der Waals surface area contributed by atoms with E-state index in [1.54, 1.807) is 37.3 Å². The second-order valence-corrected chi connectivity index (χ2v) is 9.97. The first-order chi connectivity index (χ1) is 14.2. The lowest BCUT2D eigenvalue weighted by Crippen LogP contribution is -2.48. The zero-order chi connectivity index (χ0) is 22.1. The predicted molar refractivity (Wildman–Crippen MR) is 116 cm³/mol. The maximum atomic E-state index is 12.5. The predicted octanol–water partition coefficient (Wildman–Crippen LogP) is 0.954. The van der Waals surface area contributed by atoms with Crippen molar-refractivity contribution in [2.45, 2.75) is 43.5 Å². The van der Waals surface area contributed by atoms with Crippen molar-refractivity contribution in [3.8, 4) is 0 Å². The molecule has 1 aliphatic carbocycles. The van der Waals surface area contributed by atoms with Gasteiger partial charge >= 0.3 is 0 Å².